The number of ether oxygens (including phenoxy) is 1. The largest absolute Gasteiger partial charge is 0.481 e. The zero-order chi connectivity index (χ0) is 19.0. The molecule has 0 amide bonds. The van der Waals surface area contributed by atoms with Gasteiger partial charge in [0.05, 0.1) is 13.0 Å². The molecule has 26 heavy (non-hydrogen) atoms. The second-order valence-electron chi connectivity index (χ2n) is 8.67. The summed E-state index contributed by atoms with van der Waals surface area (Å²) in [6.07, 6.45) is 8.79. The van der Waals surface area contributed by atoms with Crippen LogP contribution in [-0.2, 0) is 27.2 Å². The maximum atomic E-state index is 10.9. The average Bonchev–Trinajstić information content (AvgIpc) is 3.32. The molecule has 1 aliphatic carbocycles. The molecule has 0 unspecified atom stereocenters. The Labute approximate surface area is 156 Å². The van der Waals surface area contributed by atoms with E-state index in [4.69, 9.17) is 9.84 Å². The van der Waals surface area contributed by atoms with Crippen LogP contribution in [-0.4, -0.2) is 24.2 Å². The highest BCUT2D eigenvalue weighted by molar-refractivity contribution is 5.67. The quantitative estimate of drug-likeness (QED) is 0.514. The standard InChI is InChI=1S/C22H32O4/c1-21(2,15-20(24)25)10-4-8-18-6-3-7-19(14-18)9-5-11-22(12-13-22)16-26-17-23/h3,6-7,14,17H,4-5,8-13,15-16H2,1-2H3,(H,24,25). The Morgan fingerprint density at radius 3 is 2.46 bits per heavy atom. The highest BCUT2D eigenvalue weighted by atomic mass is 16.5. The van der Waals surface area contributed by atoms with Gasteiger partial charge in [-0.1, -0.05) is 38.1 Å². The summed E-state index contributed by atoms with van der Waals surface area (Å²) < 4.78 is 4.96. The van der Waals surface area contributed by atoms with Crippen LogP contribution < -0.4 is 0 Å². The van der Waals surface area contributed by atoms with E-state index in [1.165, 1.54) is 24.0 Å². The molecule has 1 aliphatic rings. The van der Waals surface area contributed by atoms with Crippen LogP contribution in [0.15, 0.2) is 24.3 Å². The molecule has 4 nitrogen and oxygen atoms in total. The average molecular weight is 360 g/mol. The Morgan fingerprint density at radius 2 is 1.88 bits per heavy atom. The number of aryl methyl sites for hydroxylation is 2. The van der Waals surface area contributed by atoms with E-state index in [0.29, 0.717) is 13.1 Å². The van der Waals surface area contributed by atoms with Gasteiger partial charge in [-0.25, -0.2) is 0 Å². The molecule has 0 radical (unpaired) electrons. The monoisotopic (exact) mass is 360 g/mol. The minimum atomic E-state index is -0.719. The topological polar surface area (TPSA) is 63.6 Å². The van der Waals surface area contributed by atoms with Crippen LogP contribution >= 0.6 is 0 Å². The summed E-state index contributed by atoms with van der Waals surface area (Å²) in [6.45, 7) is 5.18. The molecule has 2 rings (SSSR count). The summed E-state index contributed by atoms with van der Waals surface area (Å²) in [4.78, 5) is 21.3. The van der Waals surface area contributed by atoms with Crippen LogP contribution in [0, 0.1) is 10.8 Å². The molecule has 0 saturated heterocycles. The molecule has 1 aromatic carbocycles. The number of aliphatic carboxylic acids is 1. The molecule has 144 valence electrons. The van der Waals surface area contributed by atoms with Gasteiger partial charge < -0.3 is 9.84 Å². The predicted octanol–water partition coefficient (Wildman–Crippen LogP) is 4.79. The zero-order valence-corrected chi connectivity index (χ0v) is 16.1. The predicted molar refractivity (Wildman–Crippen MR) is 102 cm³/mol. The normalized spacial score (nSPS) is 15.5. The summed E-state index contributed by atoms with van der Waals surface area (Å²) in [6, 6.07) is 8.74. The summed E-state index contributed by atoms with van der Waals surface area (Å²) in [5.41, 5.74) is 2.80. The maximum absolute atomic E-state index is 10.9. The summed E-state index contributed by atoms with van der Waals surface area (Å²) in [5.74, 6) is -0.719. The third-order valence-electron chi connectivity index (χ3n) is 5.53. The van der Waals surface area contributed by atoms with Crippen molar-refractivity contribution in [3.05, 3.63) is 35.4 Å². The Morgan fingerprint density at radius 1 is 1.23 bits per heavy atom. The minimum absolute atomic E-state index is 0.147. The van der Waals surface area contributed by atoms with Crippen molar-refractivity contribution >= 4 is 12.4 Å². The lowest BCUT2D eigenvalue weighted by Crippen LogP contribution is -2.16. The highest BCUT2D eigenvalue weighted by Gasteiger charge is 2.42. The van der Waals surface area contributed by atoms with Crippen molar-refractivity contribution in [1.82, 2.24) is 0 Å². The molecular formula is C22H32O4. The first kappa shape index (κ1) is 20.5. The van der Waals surface area contributed by atoms with Gasteiger partial charge in [-0.2, -0.15) is 0 Å². The Bertz CT molecular complexity index is 602. The second kappa shape index (κ2) is 9.20. The zero-order valence-electron chi connectivity index (χ0n) is 16.1. The molecular weight excluding hydrogens is 328 g/mol. The van der Waals surface area contributed by atoms with E-state index >= 15 is 0 Å². The molecule has 1 aromatic rings. The van der Waals surface area contributed by atoms with Gasteiger partial charge >= 0.3 is 5.97 Å². The minimum Gasteiger partial charge on any atom is -0.481 e. The summed E-state index contributed by atoms with van der Waals surface area (Å²) in [5, 5.41) is 8.97. The molecule has 0 atom stereocenters. The number of carbonyl (C=O) groups is 2. The van der Waals surface area contributed by atoms with E-state index in [-0.39, 0.29) is 17.3 Å². The number of carboxylic acids is 1. The molecule has 0 aromatic heterocycles. The van der Waals surface area contributed by atoms with E-state index in [9.17, 15) is 9.59 Å². The Hall–Kier alpha value is -1.84. The first-order valence-corrected chi connectivity index (χ1v) is 9.69. The van der Waals surface area contributed by atoms with Gasteiger partial charge in [-0.15, -0.1) is 0 Å². The molecule has 1 fully saturated rings. The van der Waals surface area contributed by atoms with Crippen LogP contribution in [0.1, 0.15) is 69.9 Å². The highest BCUT2D eigenvalue weighted by Crippen LogP contribution is 2.49. The Kier molecular flexibility index (Phi) is 7.24. The van der Waals surface area contributed by atoms with Crippen molar-refractivity contribution in [3.8, 4) is 0 Å². The smallest absolute Gasteiger partial charge is 0.303 e. The fraction of sp³-hybridized carbons (Fsp3) is 0.636. The van der Waals surface area contributed by atoms with E-state index in [2.05, 4.69) is 24.3 Å². The SMILES string of the molecule is CC(C)(CCCc1cccc(CCCC2(COC=O)CC2)c1)CC(=O)O. The van der Waals surface area contributed by atoms with Gasteiger partial charge in [-0.3, -0.25) is 9.59 Å². The fourth-order valence-electron chi connectivity index (χ4n) is 3.73. The fourth-order valence-corrected chi connectivity index (χ4v) is 3.73. The van der Waals surface area contributed by atoms with Gasteiger partial charge in [-0.05, 0) is 67.9 Å². The maximum Gasteiger partial charge on any atom is 0.303 e. The molecule has 0 heterocycles. The van der Waals surface area contributed by atoms with Crippen LogP contribution in [0.25, 0.3) is 0 Å². The van der Waals surface area contributed by atoms with Crippen molar-refractivity contribution in [2.24, 2.45) is 10.8 Å². The lowest BCUT2D eigenvalue weighted by Gasteiger charge is -2.22. The molecule has 0 bridgehead atoms. The molecule has 0 spiro atoms. The van der Waals surface area contributed by atoms with E-state index in [1.807, 2.05) is 13.8 Å². The van der Waals surface area contributed by atoms with Crippen molar-refractivity contribution in [2.75, 3.05) is 6.61 Å². The lowest BCUT2D eigenvalue weighted by molar-refractivity contribution is -0.139. The lowest BCUT2D eigenvalue weighted by atomic mass is 9.83. The van der Waals surface area contributed by atoms with Crippen LogP contribution in [0.5, 0.6) is 0 Å². The van der Waals surface area contributed by atoms with Crippen LogP contribution in [0.2, 0.25) is 0 Å². The van der Waals surface area contributed by atoms with Crippen molar-refractivity contribution in [3.63, 3.8) is 0 Å². The Balaban J connectivity index is 1.73. The summed E-state index contributed by atoms with van der Waals surface area (Å²) in [7, 11) is 0. The van der Waals surface area contributed by atoms with Crippen molar-refractivity contribution in [1.29, 1.82) is 0 Å². The molecule has 0 aliphatic heterocycles. The molecule has 1 N–H and O–H groups in total. The molecule has 1 saturated carbocycles. The number of carbonyl (C=O) groups excluding carboxylic acids is 1. The van der Waals surface area contributed by atoms with Gasteiger partial charge in [0.25, 0.3) is 6.47 Å². The third kappa shape index (κ3) is 7.19. The van der Waals surface area contributed by atoms with Crippen LogP contribution in [0.4, 0.5) is 0 Å². The summed E-state index contributed by atoms with van der Waals surface area (Å²) >= 11 is 0. The first-order valence-electron chi connectivity index (χ1n) is 9.69. The van der Waals surface area contributed by atoms with Crippen molar-refractivity contribution in [2.45, 2.75) is 71.6 Å². The van der Waals surface area contributed by atoms with Gasteiger partial charge in [0.1, 0.15) is 0 Å². The number of hydrogen-bond donors (Lipinski definition) is 1. The first-order chi connectivity index (χ1) is 12.3. The third-order valence-corrected chi connectivity index (χ3v) is 5.53. The second-order valence-corrected chi connectivity index (χ2v) is 8.67. The van der Waals surface area contributed by atoms with E-state index in [0.717, 1.165) is 38.5 Å². The van der Waals surface area contributed by atoms with Crippen LogP contribution in [0.3, 0.4) is 0 Å². The van der Waals surface area contributed by atoms with E-state index < -0.39 is 5.97 Å². The number of hydrogen-bond acceptors (Lipinski definition) is 3. The van der Waals surface area contributed by atoms with Gasteiger partial charge in [0.2, 0.25) is 0 Å². The number of rotatable bonds is 13. The number of benzene rings is 1. The molecule has 4 heteroatoms. The van der Waals surface area contributed by atoms with Gasteiger partial charge in [0, 0.05) is 5.41 Å². The van der Waals surface area contributed by atoms with Gasteiger partial charge in [0.15, 0.2) is 0 Å². The number of carboxylic acid groups (broad SMARTS) is 1. The van der Waals surface area contributed by atoms with E-state index in [1.54, 1.807) is 0 Å². The van der Waals surface area contributed by atoms with Crippen molar-refractivity contribution < 1.29 is 19.4 Å².